The Balaban J connectivity index is 2.20. The predicted octanol–water partition coefficient (Wildman–Crippen LogP) is 4.24. The molecule has 0 spiro atoms. The maximum atomic E-state index is 6.14. The Hall–Kier alpha value is -1.13. The molecule has 5 heteroatoms. The van der Waals surface area contributed by atoms with E-state index in [2.05, 4.69) is 40.6 Å². The van der Waals surface area contributed by atoms with Crippen molar-refractivity contribution in [2.24, 2.45) is 0 Å². The van der Waals surface area contributed by atoms with Crippen molar-refractivity contribution in [1.29, 1.82) is 0 Å². The van der Waals surface area contributed by atoms with Crippen LogP contribution in [0.15, 0.2) is 17.5 Å². The Morgan fingerprint density at radius 1 is 1.39 bits per heavy atom. The predicted molar refractivity (Wildman–Crippen MR) is 77.5 cm³/mol. The molecule has 0 amide bonds. The molecule has 3 nitrogen and oxygen atoms in total. The van der Waals surface area contributed by atoms with Crippen molar-refractivity contribution in [3.8, 4) is 0 Å². The van der Waals surface area contributed by atoms with Crippen LogP contribution in [0.3, 0.4) is 0 Å². The monoisotopic (exact) mass is 281 g/mol. The second-order valence-electron chi connectivity index (χ2n) is 4.43. The number of nitrogens with one attached hydrogen (secondary N) is 1. The van der Waals surface area contributed by atoms with Crippen LogP contribution in [0.1, 0.15) is 36.0 Å². The molecular formula is C13H16ClN3S. The Morgan fingerprint density at radius 3 is 2.78 bits per heavy atom. The van der Waals surface area contributed by atoms with Crippen molar-refractivity contribution in [1.82, 2.24) is 9.97 Å². The highest BCUT2D eigenvalue weighted by atomic mass is 35.5. The van der Waals surface area contributed by atoms with Crippen LogP contribution in [0, 0.1) is 6.92 Å². The SMILES string of the molecule is Cc1c(Cl)nc(C(C)C)nc1NCc1cccs1. The standard InChI is InChI=1S/C13H16ClN3S/c1-8(2)12-16-11(14)9(3)13(17-12)15-7-10-5-4-6-18-10/h4-6,8H,7H2,1-3H3,(H,15,16,17). The molecule has 2 heterocycles. The first kappa shape index (κ1) is 13.3. The third-order valence-corrected chi connectivity index (χ3v) is 3.87. The average molecular weight is 282 g/mol. The Kier molecular flexibility index (Phi) is 4.19. The molecule has 0 aliphatic carbocycles. The molecule has 0 saturated heterocycles. The van der Waals surface area contributed by atoms with Crippen molar-refractivity contribution in [2.45, 2.75) is 33.2 Å². The third-order valence-electron chi connectivity index (χ3n) is 2.63. The first-order valence-corrected chi connectivity index (χ1v) is 7.14. The Bertz CT molecular complexity index is 523. The molecule has 18 heavy (non-hydrogen) atoms. The molecule has 0 fully saturated rings. The topological polar surface area (TPSA) is 37.8 Å². The van der Waals surface area contributed by atoms with Gasteiger partial charge in [0.1, 0.15) is 16.8 Å². The molecule has 0 aromatic carbocycles. The summed E-state index contributed by atoms with van der Waals surface area (Å²) in [5.74, 6) is 1.87. The summed E-state index contributed by atoms with van der Waals surface area (Å²) in [6, 6.07) is 4.14. The zero-order chi connectivity index (χ0) is 13.1. The molecule has 2 aromatic rings. The summed E-state index contributed by atoms with van der Waals surface area (Å²) in [6.45, 7) is 6.82. The smallest absolute Gasteiger partial charge is 0.137 e. The van der Waals surface area contributed by atoms with Gasteiger partial charge < -0.3 is 5.32 Å². The molecule has 0 unspecified atom stereocenters. The van der Waals surface area contributed by atoms with Crippen LogP contribution in [-0.4, -0.2) is 9.97 Å². The van der Waals surface area contributed by atoms with E-state index in [0.717, 1.165) is 23.8 Å². The number of anilines is 1. The minimum absolute atomic E-state index is 0.269. The summed E-state index contributed by atoms with van der Waals surface area (Å²) in [7, 11) is 0. The zero-order valence-electron chi connectivity index (χ0n) is 10.7. The average Bonchev–Trinajstić information content (AvgIpc) is 2.83. The summed E-state index contributed by atoms with van der Waals surface area (Å²) in [6.07, 6.45) is 0. The van der Waals surface area contributed by atoms with Gasteiger partial charge >= 0.3 is 0 Å². The van der Waals surface area contributed by atoms with Crippen molar-refractivity contribution in [2.75, 3.05) is 5.32 Å². The normalized spacial score (nSPS) is 10.9. The molecule has 1 N–H and O–H groups in total. The van der Waals surface area contributed by atoms with Crippen LogP contribution < -0.4 is 5.32 Å². The summed E-state index contributed by atoms with van der Waals surface area (Å²) in [5, 5.41) is 5.92. The van der Waals surface area contributed by atoms with E-state index < -0.39 is 0 Å². The van der Waals surface area contributed by atoms with E-state index in [0.29, 0.717) is 5.15 Å². The molecular weight excluding hydrogens is 266 g/mol. The first-order chi connectivity index (χ1) is 8.58. The van der Waals surface area contributed by atoms with Gasteiger partial charge in [0.2, 0.25) is 0 Å². The molecule has 2 aromatic heterocycles. The summed E-state index contributed by atoms with van der Waals surface area (Å²) >= 11 is 7.86. The van der Waals surface area contributed by atoms with E-state index in [1.165, 1.54) is 4.88 Å². The highest BCUT2D eigenvalue weighted by molar-refractivity contribution is 7.09. The number of hydrogen-bond donors (Lipinski definition) is 1. The van der Waals surface area contributed by atoms with E-state index in [9.17, 15) is 0 Å². The fraction of sp³-hybridized carbons (Fsp3) is 0.385. The van der Waals surface area contributed by atoms with Crippen LogP contribution in [0.5, 0.6) is 0 Å². The third kappa shape index (κ3) is 3.00. The summed E-state index contributed by atoms with van der Waals surface area (Å²) < 4.78 is 0. The Labute approximate surface area is 116 Å². The van der Waals surface area contributed by atoms with Gasteiger partial charge in [-0.1, -0.05) is 31.5 Å². The van der Waals surface area contributed by atoms with Gasteiger partial charge in [0, 0.05) is 16.4 Å². The first-order valence-electron chi connectivity index (χ1n) is 5.88. The quantitative estimate of drug-likeness (QED) is 0.852. The van der Waals surface area contributed by atoms with Gasteiger partial charge in [-0.2, -0.15) is 0 Å². The van der Waals surface area contributed by atoms with Gasteiger partial charge in [-0.15, -0.1) is 11.3 Å². The highest BCUT2D eigenvalue weighted by Crippen LogP contribution is 2.23. The summed E-state index contributed by atoms with van der Waals surface area (Å²) in [5.41, 5.74) is 0.901. The van der Waals surface area contributed by atoms with Crippen LogP contribution in [0.4, 0.5) is 5.82 Å². The second-order valence-corrected chi connectivity index (χ2v) is 5.82. The number of halogens is 1. The Morgan fingerprint density at radius 2 is 2.17 bits per heavy atom. The van der Waals surface area contributed by atoms with Crippen LogP contribution in [0.2, 0.25) is 5.15 Å². The van der Waals surface area contributed by atoms with E-state index in [-0.39, 0.29) is 5.92 Å². The second kappa shape index (κ2) is 5.67. The van der Waals surface area contributed by atoms with Gasteiger partial charge in [0.25, 0.3) is 0 Å². The molecule has 2 rings (SSSR count). The molecule has 0 atom stereocenters. The van der Waals surface area contributed by atoms with Crippen LogP contribution >= 0.6 is 22.9 Å². The zero-order valence-corrected chi connectivity index (χ0v) is 12.3. The minimum Gasteiger partial charge on any atom is -0.365 e. The van der Waals surface area contributed by atoms with Crippen molar-refractivity contribution in [3.05, 3.63) is 38.9 Å². The largest absolute Gasteiger partial charge is 0.365 e. The minimum atomic E-state index is 0.269. The van der Waals surface area contributed by atoms with Crippen molar-refractivity contribution in [3.63, 3.8) is 0 Å². The number of aromatic nitrogens is 2. The lowest BCUT2D eigenvalue weighted by Crippen LogP contribution is -2.07. The highest BCUT2D eigenvalue weighted by Gasteiger charge is 2.11. The van der Waals surface area contributed by atoms with Crippen molar-refractivity contribution >= 4 is 28.8 Å². The van der Waals surface area contributed by atoms with E-state index in [1.807, 2.05) is 13.0 Å². The molecule has 0 aliphatic heterocycles. The van der Waals surface area contributed by atoms with Gasteiger partial charge in [-0.25, -0.2) is 9.97 Å². The van der Waals surface area contributed by atoms with Gasteiger partial charge in [0.05, 0.1) is 6.54 Å². The number of nitrogens with zero attached hydrogens (tertiary/aromatic N) is 2. The maximum absolute atomic E-state index is 6.14. The molecule has 0 bridgehead atoms. The fourth-order valence-corrected chi connectivity index (χ4v) is 2.34. The van der Waals surface area contributed by atoms with Crippen molar-refractivity contribution < 1.29 is 0 Å². The van der Waals surface area contributed by atoms with Gasteiger partial charge in [-0.3, -0.25) is 0 Å². The lowest BCUT2D eigenvalue weighted by Gasteiger charge is -2.12. The van der Waals surface area contributed by atoms with E-state index >= 15 is 0 Å². The molecule has 0 aliphatic rings. The fourth-order valence-electron chi connectivity index (χ4n) is 1.52. The molecule has 0 radical (unpaired) electrons. The number of rotatable bonds is 4. The number of hydrogen-bond acceptors (Lipinski definition) is 4. The van der Waals surface area contributed by atoms with Gasteiger partial charge in [0.15, 0.2) is 0 Å². The van der Waals surface area contributed by atoms with Crippen LogP contribution in [-0.2, 0) is 6.54 Å². The lowest BCUT2D eigenvalue weighted by molar-refractivity contribution is 0.771. The summed E-state index contributed by atoms with van der Waals surface area (Å²) in [4.78, 5) is 10.1. The van der Waals surface area contributed by atoms with E-state index in [1.54, 1.807) is 11.3 Å². The molecule has 96 valence electrons. The van der Waals surface area contributed by atoms with E-state index in [4.69, 9.17) is 11.6 Å². The van der Waals surface area contributed by atoms with Gasteiger partial charge in [-0.05, 0) is 18.4 Å². The number of thiophene rings is 1. The molecule has 0 saturated carbocycles. The maximum Gasteiger partial charge on any atom is 0.137 e. The van der Waals surface area contributed by atoms with Crippen LogP contribution in [0.25, 0.3) is 0 Å². The lowest BCUT2D eigenvalue weighted by atomic mass is 10.2.